The zero-order valence-corrected chi connectivity index (χ0v) is 16.5. The van der Waals surface area contributed by atoms with E-state index in [0.717, 1.165) is 11.0 Å². The van der Waals surface area contributed by atoms with Crippen molar-refractivity contribution < 1.29 is 36.9 Å². The smallest absolute Gasteiger partial charge is 0.431 e. The molecule has 0 saturated carbocycles. The molecule has 1 aliphatic heterocycles. The predicted molar refractivity (Wildman–Crippen MR) is 97.6 cm³/mol. The van der Waals surface area contributed by atoms with E-state index in [9.17, 15) is 18.0 Å². The molecule has 2 aromatic rings. The number of alkyl halides is 3. The Kier molecular flexibility index (Phi) is 5.76. The first-order chi connectivity index (χ1) is 14.3. The van der Waals surface area contributed by atoms with Crippen LogP contribution in [0.15, 0.2) is 29.7 Å². The van der Waals surface area contributed by atoms with Crippen molar-refractivity contribution in [3.8, 4) is 17.2 Å². The molecule has 0 saturated heterocycles. The highest BCUT2D eigenvalue weighted by atomic mass is 19.4. The minimum Gasteiger partial charge on any atom is -0.496 e. The number of esters is 1. The Labute approximate surface area is 169 Å². The number of aromatic nitrogens is 3. The first kappa shape index (κ1) is 21.3. The number of carbonyl (C=O) groups is 1. The summed E-state index contributed by atoms with van der Waals surface area (Å²) in [5.41, 5.74) is -1.80. The molecule has 162 valence electrons. The van der Waals surface area contributed by atoms with Crippen molar-refractivity contribution in [1.29, 1.82) is 0 Å². The molecule has 1 aromatic carbocycles. The number of carbonyl (C=O) groups excluding carboxylic acids is 1. The Balaban J connectivity index is 2.35. The number of anilines is 1. The average molecular weight is 428 g/mol. The standard InChI is InChI=1S/C18H19F3N4O5/c1-5-30-16(26)13-14(9-6-11(28-3)12(29-4)7-10(9)27-2)25-17(22-8-23-25)24-15(13)18(19,20)21/h6-8,14H,5H2,1-4H3,(H,22,23,24)/t14-/m1/s1. The van der Waals surface area contributed by atoms with Gasteiger partial charge in [0.1, 0.15) is 23.8 Å². The first-order valence-corrected chi connectivity index (χ1v) is 8.71. The Morgan fingerprint density at radius 2 is 1.77 bits per heavy atom. The third-order valence-corrected chi connectivity index (χ3v) is 4.41. The summed E-state index contributed by atoms with van der Waals surface area (Å²) in [5, 5.41) is 6.14. The number of allylic oxidation sites excluding steroid dienone is 1. The summed E-state index contributed by atoms with van der Waals surface area (Å²) in [6, 6.07) is 1.52. The summed E-state index contributed by atoms with van der Waals surface area (Å²) in [7, 11) is 4.12. The molecule has 3 rings (SSSR count). The molecule has 1 N–H and O–H groups in total. The minimum atomic E-state index is -4.89. The maximum Gasteiger partial charge on any atom is 0.431 e. The number of rotatable bonds is 6. The van der Waals surface area contributed by atoms with Crippen LogP contribution >= 0.6 is 0 Å². The number of halogens is 3. The molecule has 0 amide bonds. The Bertz CT molecular complexity index is 987. The largest absolute Gasteiger partial charge is 0.496 e. The van der Waals surface area contributed by atoms with Crippen molar-refractivity contribution in [1.82, 2.24) is 14.8 Å². The van der Waals surface area contributed by atoms with E-state index in [1.807, 2.05) is 0 Å². The molecule has 2 heterocycles. The van der Waals surface area contributed by atoms with E-state index in [1.54, 1.807) is 0 Å². The van der Waals surface area contributed by atoms with Crippen LogP contribution in [0, 0.1) is 0 Å². The number of hydrogen-bond acceptors (Lipinski definition) is 8. The molecular formula is C18H19F3N4O5. The van der Waals surface area contributed by atoms with Gasteiger partial charge in [-0.05, 0) is 13.0 Å². The average Bonchev–Trinajstić information content (AvgIpc) is 3.19. The molecule has 0 fully saturated rings. The van der Waals surface area contributed by atoms with Crippen molar-refractivity contribution in [2.45, 2.75) is 19.1 Å². The zero-order valence-electron chi connectivity index (χ0n) is 16.5. The first-order valence-electron chi connectivity index (χ1n) is 8.71. The molecule has 9 nitrogen and oxygen atoms in total. The molecule has 0 bridgehead atoms. The highest BCUT2D eigenvalue weighted by Gasteiger charge is 2.47. The SMILES string of the molecule is CCOC(=O)C1=C(C(F)(F)F)Nc2ncnn2[C@@H]1c1cc(OC)c(OC)cc1OC. The monoisotopic (exact) mass is 428 g/mol. The third kappa shape index (κ3) is 3.60. The van der Waals surface area contributed by atoms with Crippen LogP contribution in [0.3, 0.4) is 0 Å². The molecule has 1 aliphatic rings. The second-order valence-electron chi connectivity index (χ2n) is 6.01. The normalized spacial score (nSPS) is 15.9. The van der Waals surface area contributed by atoms with E-state index >= 15 is 0 Å². The van der Waals surface area contributed by atoms with Gasteiger partial charge in [-0.3, -0.25) is 0 Å². The fourth-order valence-corrected chi connectivity index (χ4v) is 3.17. The lowest BCUT2D eigenvalue weighted by molar-refractivity contribution is -0.140. The van der Waals surface area contributed by atoms with Gasteiger partial charge in [-0.1, -0.05) is 0 Å². The van der Waals surface area contributed by atoms with Crippen molar-refractivity contribution in [2.75, 3.05) is 33.3 Å². The van der Waals surface area contributed by atoms with Crippen molar-refractivity contribution in [3.05, 3.63) is 35.3 Å². The number of nitrogens with zero attached hydrogens (tertiary/aromatic N) is 3. The quantitative estimate of drug-likeness (QED) is 0.702. The van der Waals surface area contributed by atoms with Crippen molar-refractivity contribution in [2.24, 2.45) is 0 Å². The summed E-state index contributed by atoms with van der Waals surface area (Å²) in [5.74, 6) is -0.671. The van der Waals surface area contributed by atoms with Gasteiger partial charge < -0.3 is 24.3 Å². The van der Waals surface area contributed by atoms with Gasteiger partial charge in [-0.2, -0.15) is 23.3 Å². The number of nitrogens with one attached hydrogen (secondary N) is 1. The Morgan fingerprint density at radius 3 is 2.33 bits per heavy atom. The van der Waals surface area contributed by atoms with Gasteiger partial charge >= 0.3 is 12.1 Å². The van der Waals surface area contributed by atoms with E-state index < -0.39 is 29.5 Å². The number of methoxy groups -OCH3 is 3. The summed E-state index contributed by atoms with van der Waals surface area (Å²) < 4.78 is 63.5. The maximum absolute atomic E-state index is 13.9. The fourth-order valence-electron chi connectivity index (χ4n) is 3.17. The Hall–Kier alpha value is -3.44. The lowest BCUT2D eigenvalue weighted by atomic mass is 9.94. The molecule has 0 spiro atoms. The summed E-state index contributed by atoms with van der Waals surface area (Å²) in [4.78, 5) is 16.5. The van der Waals surface area contributed by atoms with Gasteiger partial charge in [0.2, 0.25) is 5.95 Å². The van der Waals surface area contributed by atoms with Crippen molar-refractivity contribution >= 4 is 11.9 Å². The van der Waals surface area contributed by atoms with Crippen LogP contribution in [0.1, 0.15) is 18.5 Å². The molecule has 1 aromatic heterocycles. The summed E-state index contributed by atoms with van der Waals surface area (Å²) in [6.45, 7) is 1.38. The second-order valence-corrected chi connectivity index (χ2v) is 6.01. The van der Waals surface area contributed by atoms with E-state index in [4.69, 9.17) is 18.9 Å². The van der Waals surface area contributed by atoms with Crippen LogP contribution in [-0.4, -0.2) is 54.8 Å². The van der Waals surface area contributed by atoms with Crippen LogP contribution in [0.4, 0.5) is 19.1 Å². The van der Waals surface area contributed by atoms with Crippen LogP contribution < -0.4 is 19.5 Å². The molecule has 12 heteroatoms. The van der Waals surface area contributed by atoms with Gasteiger partial charge in [-0.25, -0.2) is 9.48 Å². The number of fused-ring (bicyclic) bond motifs is 1. The number of hydrogen-bond donors (Lipinski definition) is 1. The zero-order chi connectivity index (χ0) is 22.1. The molecule has 30 heavy (non-hydrogen) atoms. The fraction of sp³-hybridized carbons (Fsp3) is 0.389. The highest BCUT2D eigenvalue weighted by Crippen LogP contribution is 2.46. The number of ether oxygens (including phenoxy) is 4. The summed E-state index contributed by atoms with van der Waals surface area (Å²) >= 11 is 0. The van der Waals surface area contributed by atoms with E-state index in [1.165, 1.54) is 40.4 Å². The predicted octanol–water partition coefficient (Wildman–Crippen LogP) is 2.70. The van der Waals surface area contributed by atoms with Gasteiger partial charge in [0.05, 0.1) is 33.5 Å². The van der Waals surface area contributed by atoms with Gasteiger partial charge in [-0.15, -0.1) is 0 Å². The highest BCUT2D eigenvalue weighted by molar-refractivity contribution is 5.93. The van der Waals surface area contributed by atoms with Gasteiger partial charge in [0.15, 0.2) is 11.5 Å². The van der Waals surface area contributed by atoms with E-state index in [2.05, 4.69) is 15.4 Å². The van der Waals surface area contributed by atoms with Gasteiger partial charge in [0, 0.05) is 11.6 Å². The lowest BCUT2D eigenvalue weighted by Crippen LogP contribution is -2.35. The summed E-state index contributed by atoms with van der Waals surface area (Å²) in [6.07, 6.45) is -3.81. The van der Waals surface area contributed by atoms with Crippen LogP contribution in [0.5, 0.6) is 17.2 Å². The Morgan fingerprint density at radius 1 is 1.13 bits per heavy atom. The molecular weight excluding hydrogens is 409 g/mol. The number of benzene rings is 1. The van der Waals surface area contributed by atoms with Crippen LogP contribution in [0.25, 0.3) is 0 Å². The second kappa shape index (κ2) is 8.13. The molecule has 0 radical (unpaired) electrons. The molecule has 1 atom stereocenters. The van der Waals surface area contributed by atoms with Gasteiger partial charge in [0.25, 0.3) is 0 Å². The topological polar surface area (TPSA) is 96.7 Å². The third-order valence-electron chi connectivity index (χ3n) is 4.41. The van der Waals surface area contributed by atoms with Crippen LogP contribution in [-0.2, 0) is 9.53 Å². The minimum absolute atomic E-state index is 0.118. The molecule has 0 unspecified atom stereocenters. The molecule has 0 aliphatic carbocycles. The lowest BCUT2D eigenvalue weighted by Gasteiger charge is -2.31. The van der Waals surface area contributed by atoms with E-state index in [0.29, 0.717) is 5.75 Å². The maximum atomic E-state index is 13.9. The van der Waals surface area contributed by atoms with Crippen LogP contribution in [0.2, 0.25) is 0 Å². The van der Waals surface area contributed by atoms with E-state index in [-0.39, 0.29) is 29.6 Å². The van der Waals surface area contributed by atoms with Crippen molar-refractivity contribution in [3.63, 3.8) is 0 Å².